The monoisotopic (exact) mass is 488 g/mol. The van der Waals surface area contributed by atoms with Crippen LogP contribution in [-0.4, -0.2) is 71.8 Å². The van der Waals surface area contributed by atoms with E-state index in [0.29, 0.717) is 26.0 Å². The summed E-state index contributed by atoms with van der Waals surface area (Å²) in [4.78, 5) is 31.1. The fourth-order valence-electron chi connectivity index (χ4n) is 4.49. The maximum atomic E-state index is 12.3. The maximum Gasteiger partial charge on any atom is 0.326 e. The van der Waals surface area contributed by atoms with Crippen LogP contribution in [0.3, 0.4) is 0 Å². The Morgan fingerprint density at radius 1 is 1.23 bits per heavy atom. The number of rotatable bonds is 16. The quantitative estimate of drug-likeness (QED) is 0.305. The van der Waals surface area contributed by atoms with Crippen molar-refractivity contribution in [2.24, 2.45) is 5.41 Å². The minimum atomic E-state index is -0.968. The Kier molecular flexibility index (Phi) is 10.3. The van der Waals surface area contributed by atoms with Crippen LogP contribution in [0.4, 0.5) is 5.82 Å². The Hall–Kier alpha value is -2.19. The van der Waals surface area contributed by atoms with E-state index < -0.39 is 12.0 Å². The van der Waals surface area contributed by atoms with Gasteiger partial charge in [0.25, 0.3) is 0 Å². The number of unbranched alkanes of at least 4 members (excludes halogenated alkanes) is 1. The van der Waals surface area contributed by atoms with Crippen LogP contribution < -0.4 is 10.6 Å². The Morgan fingerprint density at radius 3 is 2.74 bits per heavy atom. The predicted octanol–water partition coefficient (Wildman–Crippen LogP) is 3.64. The van der Waals surface area contributed by atoms with Crippen molar-refractivity contribution < 1.29 is 19.4 Å². The van der Waals surface area contributed by atoms with E-state index in [1.807, 2.05) is 13.8 Å². The fraction of sp³-hybridized carbons (Fsp3) is 0.741. The second-order valence-electron chi connectivity index (χ2n) is 10.8. The molecule has 1 atom stereocenters. The third-order valence-corrected chi connectivity index (χ3v) is 7.03. The highest BCUT2D eigenvalue weighted by atomic mass is 16.5. The van der Waals surface area contributed by atoms with Crippen LogP contribution >= 0.6 is 0 Å². The van der Waals surface area contributed by atoms with Crippen molar-refractivity contribution in [1.82, 2.24) is 15.2 Å². The summed E-state index contributed by atoms with van der Waals surface area (Å²) < 4.78 is 5.74. The van der Waals surface area contributed by atoms with E-state index in [1.54, 1.807) is 0 Å². The van der Waals surface area contributed by atoms with Gasteiger partial charge in [-0.1, -0.05) is 13.0 Å². The number of aliphatic carboxylic acids is 1. The van der Waals surface area contributed by atoms with E-state index in [2.05, 4.69) is 34.6 Å². The molecule has 196 valence electrons. The molecule has 1 aliphatic heterocycles. The smallest absolute Gasteiger partial charge is 0.326 e. The van der Waals surface area contributed by atoms with Crippen LogP contribution in [0.5, 0.6) is 0 Å². The molecule has 1 amide bonds. The number of pyridine rings is 1. The summed E-state index contributed by atoms with van der Waals surface area (Å²) in [6.45, 7) is 9.93. The summed E-state index contributed by atoms with van der Waals surface area (Å²) in [6, 6.07) is 3.48. The second-order valence-corrected chi connectivity index (χ2v) is 10.8. The van der Waals surface area contributed by atoms with Gasteiger partial charge in [-0.25, -0.2) is 9.78 Å². The maximum absolute atomic E-state index is 12.3. The molecule has 0 radical (unpaired) electrons. The first kappa shape index (κ1) is 27.4. The first-order valence-electron chi connectivity index (χ1n) is 13.3. The number of ether oxygens (including phenoxy) is 1. The average molecular weight is 489 g/mol. The molecule has 0 bridgehead atoms. The Balaban J connectivity index is 1.45. The van der Waals surface area contributed by atoms with Gasteiger partial charge in [0.1, 0.15) is 11.9 Å². The highest BCUT2D eigenvalue weighted by molar-refractivity contribution is 5.84. The van der Waals surface area contributed by atoms with Gasteiger partial charge in [-0.2, -0.15) is 0 Å². The van der Waals surface area contributed by atoms with Crippen molar-refractivity contribution in [1.29, 1.82) is 0 Å². The van der Waals surface area contributed by atoms with Gasteiger partial charge in [0.15, 0.2) is 0 Å². The third-order valence-electron chi connectivity index (χ3n) is 7.03. The van der Waals surface area contributed by atoms with E-state index in [9.17, 15) is 14.7 Å². The molecule has 1 aromatic rings. The van der Waals surface area contributed by atoms with Crippen molar-refractivity contribution in [3.8, 4) is 0 Å². The van der Waals surface area contributed by atoms with Crippen LogP contribution in [-0.2, 0) is 27.2 Å². The number of aromatic nitrogens is 1. The zero-order valence-electron chi connectivity index (χ0n) is 21.8. The van der Waals surface area contributed by atoms with Crippen molar-refractivity contribution in [3.63, 3.8) is 0 Å². The van der Waals surface area contributed by atoms with Gasteiger partial charge in [0, 0.05) is 31.7 Å². The van der Waals surface area contributed by atoms with Crippen molar-refractivity contribution in [3.05, 3.63) is 23.4 Å². The predicted molar refractivity (Wildman–Crippen MR) is 138 cm³/mol. The number of anilines is 1. The molecule has 2 aliphatic rings. The van der Waals surface area contributed by atoms with Crippen molar-refractivity contribution in [2.75, 3.05) is 38.1 Å². The Bertz CT molecular complexity index is 840. The van der Waals surface area contributed by atoms with Gasteiger partial charge in [-0.15, -0.1) is 0 Å². The molecule has 1 aliphatic carbocycles. The summed E-state index contributed by atoms with van der Waals surface area (Å²) in [5.41, 5.74) is 2.49. The topological polar surface area (TPSA) is 104 Å². The lowest BCUT2D eigenvalue weighted by Gasteiger charge is -2.25. The minimum absolute atomic E-state index is 0.0658. The van der Waals surface area contributed by atoms with Crippen LogP contribution in [0.25, 0.3) is 0 Å². The number of fused-ring (bicyclic) bond motifs is 1. The van der Waals surface area contributed by atoms with E-state index >= 15 is 0 Å². The van der Waals surface area contributed by atoms with E-state index in [1.165, 1.54) is 5.56 Å². The molecular formula is C27H44N4O4. The van der Waals surface area contributed by atoms with Gasteiger partial charge < -0.3 is 25.4 Å². The zero-order valence-corrected chi connectivity index (χ0v) is 21.8. The number of carboxylic acids is 1. The Morgan fingerprint density at radius 2 is 2.03 bits per heavy atom. The van der Waals surface area contributed by atoms with Crippen LogP contribution in [0.15, 0.2) is 12.1 Å². The number of amides is 1. The zero-order chi connectivity index (χ0) is 25.3. The minimum Gasteiger partial charge on any atom is -0.480 e. The van der Waals surface area contributed by atoms with E-state index in [-0.39, 0.29) is 17.4 Å². The molecular weight excluding hydrogens is 444 g/mol. The van der Waals surface area contributed by atoms with Crippen LogP contribution in [0.1, 0.15) is 77.0 Å². The number of aryl methyl sites for hydroxylation is 2. The molecule has 35 heavy (non-hydrogen) atoms. The first-order chi connectivity index (χ1) is 16.7. The molecule has 1 fully saturated rings. The molecule has 0 saturated heterocycles. The highest BCUT2D eigenvalue weighted by Crippen LogP contribution is 2.47. The molecule has 0 spiro atoms. The number of carboxylic acid groups (broad SMARTS) is 1. The SMILES string of the molecule is CC(C)OCCN(CCCCc1ccc2c(n1)NCCC2)CCC(NC(=O)CC1(C)CC1)C(=O)O. The van der Waals surface area contributed by atoms with E-state index in [0.717, 1.165) is 76.1 Å². The number of nitrogens with one attached hydrogen (secondary N) is 2. The first-order valence-corrected chi connectivity index (χ1v) is 13.3. The number of hydrogen-bond acceptors (Lipinski definition) is 6. The molecule has 1 saturated carbocycles. The second kappa shape index (κ2) is 13.2. The summed E-state index contributed by atoms with van der Waals surface area (Å²) in [6.07, 6.45) is 8.25. The average Bonchev–Trinajstić information content (AvgIpc) is 3.54. The normalized spacial score (nSPS) is 17.1. The molecule has 1 aromatic heterocycles. The number of carbonyl (C=O) groups is 2. The summed E-state index contributed by atoms with van der Waals surface area (Å²) in [7, 11) is 0. The van der Waals surface area contributed by atoms with Gasteiger partial charge in [-0.05, 0) is 88.8 Å². The van der Waals surface area contributed by atoms with Gasteiger partial charge >= 0.3 is 5.97 Å². The summed E-state index contributed by atoms with van der Waals surface area (Å²) in [5.74, 6) is -0.0810. The largest absolute Gasteiger partial charge is 0.480 e. The summed E-state index contributed by atoms with van der Waals surface area (Å²) in [5, 5.41) is 15.8. The fourth-order valence-corrected chi connectivity index (χ4v) is 4.49. The van der Waals surface area contributed by atoms with Crippen molar-refractivity contribution in [2.45, 2.75) is 90.7 Å². The molecule has 0 aromatic carbocycles. The standard InChI is InChI=1S/C27H44N4O4/c1-20(2)35-18-17-31(16-11-23(26(33)34)30-24(32)19-27(3)12-13-27)15-5-4-8-22-10-9-21-7-6-14-28-25(21)29-22/h9-10,20,23H,4-8,11-19H2,1-3H3,(H,28,29)(H,30,32)(H,33,34). The Labute approximate surface area is 210 Å². The summed E-state index contributed by atoms with van der Waals surface area (Å²) >= 11 is 0. The molecule has 8 heteroatoms. The lowest BCUT2D eigenvalue weighted by atomic mass is 10.0. The van der Waals surface area contributed by atoms with Crippen LogP contribution in [0.2, 0.25) is 0 Å². The molecule has 3 N–H and O–H groups in total. The van der Waals surface area contributed by atoms with Gasteiger partial charge in [-0.3, -0.25) is 4.79 Å². The number of carbonyl (C=O) groups excluding carboxylic acids is 1. The molecule has 1 unspecified atom stereocenters. The van der Waals surface area contributed by atoms with E-state index in [4.69, 9.17) is 9.72 Å². The molecule has 3 rings (SSSR count). The number of hydrogen-bond donors (Lipinski definition) is 3. The van der Waals surface area contributed by atoms with Gasteiger partial charge in [0.2, 0.25) is 5.91 Å². The molecule has 8 nitrogen and oxygen atoms in total. The van der Waals surface area contributed by atoms with Gasteiger partial charge in [0.05, 0.1) is 12.7 Å². The van der Waals surface area contributed by atoms with Crippen LogP contribution in [0, 0.1) is 5.41 Å². The third kappa shape index (κ3) is 9.76. The lowest BCUT2D eigenvalue weighted by molar-refractivity contribution is -0.142. The van der Waals surface area contributed by atoms with Crippen molar-refractivity contribution >= 4 is 17.7 Å². The molecule has 2 heterocycles. The lowest BCUT2D eigenvalue weighted by Crippen LogP contribution is -2.44. The highest BCUT2D eigenvalue weighted by Gasteiger charge is 2.39. The number of nitrogens with zero attached hydrogens (tertiary/aromatic N) is 2.